The number of phenolic OH excluding ortho intramolecular Hbond substituents is 1. The van der Waals surface area contributed by atoms with Gasteiger partial charge >= 0.3 is 0 Å². The molecule has 0 aromatic heterocycles. The number of nitrogens with zero attached hydrogens (tertiary/aromatic N) is 1. The van der Waals surface area contributed by atoms with Crippen molar-refractivity contribution in [1.29, 1.82) is 0 Å². The molecule has 2 saturated heterocycles. The van der Waals surface area contributed by atoms with Gasteiger partial charge in [-0.2, -0.15) is 0 Å². The third-order valence-electron chi connectivity index (χ3n) is 10.0. The van der Waals surface area contributed by atoms with Gasteiger partial charge in [0.05, 0.1) is 6.04 Å². The van der Waals surface area contributed by atoms with Crippen molar-refractivity contribution in [3.8, 4) is 5.75 Å². The third kappa shape index (κ3) is 8.72. The Bertz CT molecular complexity index is 1390. The first-order valence-corrected chi connectivity index (χ1v) is 17.4. The number of carbonyl (C=O) groups excluding carboxylic acids is 4. The van der Waals surface area contributed by atoms with Gasteiger partial charge in [0.25, 0.3) is 0 Å². The topological polar surface area (TPSA) is 192 Å². The zero-order valence-electron chi connectivity index (χ0n) is 27.7. The highest BCUT2D eigenvalue weighted by molar-refractivity contribution is 5.97. The van der Waals surface area contributed by atoms with Gasteiger partial charge in [-0.3, -0.25) is 19.2 Å². The molecule has 2 aromatic rings. The minimum Gasteiger partial charge on any atom is -0.508 e. The van der Waals surface area contributed by atoms with E-state index < -0.39 is 35.5 Å². The lowest BCUT2D eigenvalue weighted by Gasteiger charge is -2.54. The Hall–Kier alpha value is -4.00. The van der Waals surface area contributed by atoms with Gasteiger partial charge in [0.15, 0.2) is 0 Å². The molecule has 5 rings (SSSR count). The van der Waals surface area contributed by atoms with Crippen LogP contribution in [0.2, 0.25) is 0 Å². The third-order valence-corrected chi connectivity index (χ3v) is 10.0. The van der Waals surface area contributed by atoms with Crippen LogP contribution in [0.5, 0.6) is 5.75 Å². The maximum Gasteiger partial charge on any atom is 0.246 e. The van der Waals surface area contributed by atoms with Crippen LogP contribution in [-0.2, 0) is 32.0 Å². The number of unbranched alkanes of at least 4 members (excludes halogenated alkanes) is 1. The summed E-state index contributed by atoms with van der Waals surface area (Å²) in [5.74, 6) is -1.29. The monoisotopic (exact) mass is 661 g/mol. The van der Waals surface area contributed by atoms with E-state index in [0.717, 1.165) is 56.3 Å². The van der Waals surface area contributed by atoms with Crippen LogP contribution in [0.15, 0.2) is 54.6 Å². The zero-order valence-corrected chi connectivity index (χ0v) is 27.7. The van der Waals surface area contributed by atoms with E-state index >= 15 is 0 Å². The number of fused-ring (bicyclic) bond motifs is 2. The van der Waals surface area contributed by atoms with Crippen LogP contribution in [0.3, 0.4) is 0 Å². The highest BCUT2D eigenvalue weighted by atomic mass is 16.3. The number of nitrogens with two attached hydrogens (primary N) is 2. The fourth-order valence-corrected chi connectivity index (χ4v) is 7.27. The molecule has 12 nitrogen and oxygen atoms in total. The van der Waals surface area contributed by atoms with Gasteiger partial charge in [-0.15, -0.1) is 0 Å². The van der Waals surface area contributed by atoms with Crippen molar-refractivity contribution in [3.05, 3.63) is 65.7 Å². The molecule has 4 unspecified atom stereocenters. The average Bonchev–Trinajstić information content (AvgIpc) is 3.09. The normalized spacial score (nSPS) is 21.6. The molecule has 9 N–H and O–H groups in total. The molecule has 2 aliphatic heterocycles. The van der Waals surface area contributed by atoms with Gasteiger partial charge in [0.2, 0.25) is 23.6 Å². The first-order valence-electron chi connectivity index (χ1n) is 17.4. The second-order valence-corrected chi connectivity index (χ2v) is 13.6. The van der Waals surface area contributed by atoms with Crippen LogP contribution >= 0.6 is 0 Å². The van der Waals surface area contributed by atoms with Crippen molar-refractivity contribution in [2.45, 2.75) is 106 Å². The van der Waals surface area contributed by atoms with Crippen molar-refractivity contribution in [2.24, 2.45) is 11.5 Å². The van der Waals surface area contributed by atoms with Gasteiger partial charge in [-0.05, 0) is 74.8 Å². The number of hydrogen-bond donors (Lipinski definition) is 7. The summed E-state index contributed by atoms with van der Waals surface area (Å²) in [5.41, 5.74) is 12.4. The number of aromatic hydroxyl groups is 1. The maximum atomic E-state index is 14.3. The quantitative estimate of drug-likeness (QED) is 0.138. The molecule has 260 valence electrons. The van der Waals surface area contributed by atoms with E-state index in [4.69, 9.17) is 11.5 Å². The highest BCUT2D eigenvalue weighted by Gasteiger charge is 2.48. The Morgan fingerprint density at radius 1 is 0.854 bits per heavy atom. The van der Waals surface area contributed by atoms with Gasteiger partial charge in [0.1, 0.15) is 23.4 Å². The molecule has 0 spiro atoms. The van der Waals surface area contributed by atoms with E-state index in [1.54, 1.807) is 12.1 Å². The molecule has 5 atom stereocenters. The molecule has 3 aliphatic rings. The average molecular weight is 662 g/mol. The van der Waals surface area contributed by atoms with E-state index in [9.17, 15) is 24.3 Å². The van der Waals surface area contributed by atoms with Crippen molar-refractivity contribution < 1.29 is 24.3 Å². The minimum atomic E-state index is -1.22. The van der Waals surface area contributed by atoms with Crippen molar-refractivity contribution in [2.75, 3.05) is 19.6 Å². The summed E-state index contributed by atoms with van der Waals surface area (Å²) in [6, 6.07) is 13.4. The molecular formula is C36H51N7O5. The second kappa shape index (κ2) is 16.4. The standard InChI is InChI=1S/C36H51N7O5/c37-18-8-5-11-30(34(47)43-26-21-27(43)23-39-22-26)41-35(48)36(16-6-2-7-17-36)42-33(46)31(20-24-9-3-1-4-10-24)40-32(45)29(38)19-25-12-14-28(44)15-13-25/h1,3-4,9-10,12-15,26-27,29-31,39,44H,2,5-8,11,16-23,37-38H2,(H,40,45)(H,41,48)(H,42,46)/t26-,27?,29?,30?,31?/m1/s1. The number of nitrogens with one attached hydrogen (secondary N) is 4. The van der Waals surface area contributed by atoms with Crippen LogP contribution in [0.4, 0.5) is 0 Å². The van der Waals surface area contributed by atoms with Crippen molar-refractivity contribution in [3.63, 3.8) is 0 Å². The Labute approximate surface area is 282 Å². The summed E-state index contributed by atoms with van der Waals surface area (Å²) >= 11 is 0. The summed E-state index contributed by atoms with van der Waals surface area (Å²) in [7, 11) is 0. The maximum absolute atomic E-state index is 14.3. The number of hydrogen-bond acceptors (Lipinski definition) is 8. The zero-order chi connectivity index (χ0) is 34.1. The lowest BCUT2D eigenvalue weighted by atomic mass is 9.80. The number of rotatable bonds is 15. The van der Waals surface area contributed by atoms with Crippen LogP contribution in [0.25, 0.3) is 0 Å². The van der Waals surface area contributed by atoms with Gasteiger partial charge < -0.3 is 42.7 Å². The fourth-order valence-electron chi connectivity index (χ4n) is 7.27. The van der Waals surface area contributed by atoms with Gasteiger partial charge in [-0.1, -0.05) is 61.7 Å². The molecule has 1 aliphatic carbocycles. The molecule has 2 bridgehead atoms. The van der Waals surface area contributed by atoms with E-state index in [0.29, 0.717) is 32.2 Å². The van der Waals surface area contributed by atoms with E-state index in [-0.39, 0.29) is 42.5 Å². The number of amides is 4. The molecule has 1 saturated carbocycles. The summed E-state index contributed by atoms with van der Waals surface area (Å²) in [6.07, 6.45) is 6.58. The van der Waals surface area contributed by atoms with Crippen LogP contribution < -0.4 is 32.7 Å². The Morgan fingerprint density at radius 3 is 2.17 bits per heavy atom. The first-order chi connectivity index (χ1) is 23.2. The molecule has 2 heterocycles. The van der Waals surface area contributed by atoms with Crippen LogP contribution in [0, 0.1) is 0 Å². The lowest BCUT2D eigenvalue weighted by molar-refractivity contribution is -0.152. The van der Waals surface area contributed by atoms with Crippen molar-refractivity contribution in [1.82, 2.24) is 26.2 Å². The largest absolute Gasteiger partial charge is 0.508 e. The number of piperazine rings is 1. The highest BCUT2D eigenvalue weighted by Crippen LogP contribution is 2.32. The molecule has 0 radical (unpaired) electrons. The predicted molar refractivity (Wildman–Crippen MR) is 183 cm³/mol. The van der Waals surface area contributed by atoms with E-state index in [1.165, 1.54) is 12.1 Å². The second-order valence-electron chi connectivity index (χ2n) is 13.6. The summed E-state index contributed by atoms with van der Waals surface area (Å²) in [4.78, 5) is 57.5. The Morgan fingerprint density at radius 2 is 1.52 bits per heavy atom. The van der Waals surface area contributed by atoms with Crippen molar-refractivity contribution >= 4 is 23.6 Å². The SMILES string of the molecule is NCCCCC(NC(=O)C1(NC(=O)C(Cc2ccccc2)NC(=O)C(N)Cc2ccc(O)cc2)CCCCC1)C(=O)N1C2CNC[C@H]1C2. The number of piperidine rings is 1. The Kier molecular flexibility index (Phi) is 12.1. The molecule has 3 fully saturated rings. The molecule has 2 aromatic carbocycles. The molecule has 12 heteroatoms. The van der Waals surface area contributed by atoms with Gasteiger partial charge in [-0.25, -0.2) is 0 Å². The number of benzene rings is 2. The first kappa shape index (κ1) is 35.3. The predicted octanol–water partition coefficient (Wildman–Crippen LogP) is 0.995. The smallest absolute Gasteiger partial charge is 0.246 e. The number of phenols is 1. The summed E-state index contributed by atoms with van der Waals surface area (Å²) in [6.45, 7) is 2.00. The molecular weight excluding hydrogens is 610 g/mol. The van der Waals surface area contributed by atoms with Gasteiger partial charge in [0, 0.05) is 31.6 Å². The Balaban J connectivity index is 1.32. The van der Waals surface area contributed by atoms with Crippen LogP contribution in [0.1, 0.15) is 68.9 Å². The molecule has 48 heavy (non-hydrogen) atoms. The van der Waals surface area contributed by atoms with E-state index in [1.807, 2.05) is 35.2 Å². The summed E-state index contributed by atoms with van der Waals surface area (Å²) in [5, 5.41) is 22.0. The fraction of sp³-hybridized carbons (Fsp3) is 0.556. The minimum absolute atomic E-state index is 0.0720. The summed E-state index contributed by atoms with van der Waals surface area (Å²) < 4.78 is 0. The van der Waals surface area contributed by atoms with Crippen LogP contribution in [-0.4, -0.2) is 89.0 Å². The molecule has 4 amide bonds. The lowest BCUT2D eigenvalue weighted by Crippen LogP contribution is -2.72. The van der Waals surface area contributed by atoms with E-state index in [2.05, 4.69) is 21.3 Å². The number of carbonyl (C=O) groups is 4.